The first-order valence-corrected chi connectivity index (χ1v) is 5.02. The third-order valence-electron chi connectivity index (χ3n) is 2.59. The Morgan fingerprint density at radius 3 is 2.93 bits per heavy atom. The van der Waals surface area contributed by atoms with E-state index in [0.717, 1.165) is 24.5 Å². The van der Waals surface area contributed by atoms with E-state index < -0.39 is 0 Å². The number of nitrogens with one attached hydrogen (secondary N) is 1. The molecular formula is C11H16N2O. The van der Waals surface area contributed by atoms with Gasteiger partial charge < -0.3 is 15.3 Å². The molecule has 0 amide bonds. The minimum absolute atomic E-state index is 0.364. The first-order valence-electron chi connectivity index (χ1n) is 5.02. The second-order valence-electron chi connectivity index (χ2n) is 3.89. The number of hydrogen-bond acceptors (Lipinski definition) is 3. The number of anilines is 2. The highest BCUT2D eigenvalue weighted by Crippen LogP contribution is 2.37. The molecule has 0 fully saturated rings. The third kappa shape index (κ3) is 1.39. The summed E-state index contributed by atoms with van der Waals surface area (Å²) in [6.07, 6.45) is 0. The van der Waals surface area contributed by atoms with E-state index in [2.05, 4.69) is 24.1 Å². The molecule has 0 spiro atoms. The molecule has 1 aliphatic heterocycles. The van der Waals surface area contributed by atoms with Crippen molar-refractivity contribution in [1.82, 2.24) is 0 Å². The number of benzene rings is 1. The summed E-state index contributed by atoms with van der Waals surface area (Å²) in [6.45, 7) is 6.17. The van der Waals surface area contributed by atoms with Gasteiger partial charge in [-0.2, -0.15) is 0 Å². The molecule has 1 heterocycles. The van der Waals surface area contributed by atoms with Gasteiger partial charge in [-0.1, -0.05) is 6.07 Å². The summed E-state index contributed by atoms with van der Waals surface area (Å²) in [5.41, 5.74) is 1.97. The second kappa shape index (κ2) is 3.40. The summed E-state index contributed by atoms with van der Waals surface area (Å²) < 4.78 is 0. The molecule has 14 heavy (non-hydrogen) atoms. The van der Waals surface area contributed by atoms with Crippen LogP contribution in [0, 0.1) is 0 Å². The molecule has 0 bridgehead atoms. The van der Waals surface area contributed by atoms with Crippen LogP contribution in [-0.4, -0.2) is 24.2 Å². The largest absolute Gasteiger partial charge is 0.506 e. The standard InChI is InChI=1S/C11H16N2O/c1-8(2)13-7-6-12-9-4-3-5-10(14)11(9)13/h3-5,8,12,14H,6-7H2,1-2H3. The molecule has 76 valence electrons. The zero-order valence-electron chi connectivity index (χ0n) is 8.62. The van der Waals surface area contributed by atoms with Crippen molar-refractivity contribution in [2.75, 3.05) is 23.3 Å². The number of phenolic OH excluding ortho intramolecular Hbond substituents is 1. The molecule has 0 saturated heterocycles. The first-order chi connectivity index (χ1) is 6.70. The van der Waals surface area contributed by atoms with Crippen LogP contribution < -0.4 is 10.2 Å². The van der Waals surface area contributed by atoms with Crippen LogP contribution in [0.4, 0.5) is 11.4 Å². The highest BCUT2D eigenvalue weighted by atomic mass is 16.3. The van der Waals surface area contributed by atoms with E-state index in [4.69, 9.17) is 0 Å². The molecule has 0 saturated carbocycles. The molecule has 3 heteroatoms. The van der Waals surface area contributed by atoms with Crippen molar-refractivity contribution in [2.24, 2.45) is 0 Å². The summed E-state index contributed by atoms with van der Waals surface area (Å²) in [5.74, 6) is 0.364. The molecule has 0 unspecified atom stereocenters. The Labute approximate surface area is 84.4 Å². The number of fused-ring (bicyclic) bond motifs is 1. The fourth-order valence-electron chi connectivity index (χ4n) is 1.92. The lowest BCUT2D eigenvalue weighted by Crippen LogP contribution is -2.38. The number of aromatic hydroxyl groups is 1. The van der Waals surface area contributed by atoms with Crippen molar-refractivity contribution >= 4 is 11.4 Å². The number of nitrogens with zero attached hydrogens (tertiary/aromatic N) is 1. The molecule has 0 radical (unpaired) electrons. The highest BCUT2D eigenvalue weighted by molar-refractivity contribution is 5.78. The molecule has 3 nitrogen and oxygen atoms in total. The molecule has 1 aromatic carbocycles. The smallest absolute Gasteiger partial charge is 0.141 e. The predicted molar refractivity (Wildman–Crippen MR) is 59.1 cm³/mol. The van der Waals surface area contributed by atoms with Crippen molar-refractivity contribution in [3.63, 3.8) is 0 Å². The number of rotatable bonds is 1. The highest BCUT2D eigenvalue weighted by Gasteiger charge is 2.21. The zero-order valence-corrected chi connectivity index (χ0v) is 8.62. The lowest BCUT2D eigenvalue weighted by Gasteiger charge is -2.35. The van der Waals surface area contributed by atoms with Crippen molar-refractivity contribution in [3.05, 3.63) is 18.2 Å². The summed E-state index contributed by atoms with van der Waals surface area (Å²) in [7, 11) is 0. The van der Waals surface area contributed by atoms with E-state index in [1.165, 1.54) is 0 Å². The third-order valence-corrected chi connectivity index (χ3v) is 2.59. The molecule has 2 N–H and O–H groups in total. The van der Waals surface area contributed by atoms with E-state index in [9.17, 15) is 5.11 Å². The van der Waals surface area contributed by atoms with E-state index >= 15 is 0 Å². The number of phenols is 1. The van der Waals surface area contributed by atoms with E-state index in [1.807, 2.05) is 12.1 Å². The Hall–Kier alpha value is -1.38. The SMILES string of the molecule is CC(C)N1CCNc2cccc(O)c21. The zero-order chi connectivity index (χ0) is 10.1. The van der Waals surface area contributed by atoms with Crippen molar-refractivity contribution in [3.8, 4) is 5.75 Å². The van der Waals surface area contributed by atoms with Crippen molar-refractivity contribution in [1.29, 1.82) is 0 Å². The lowest BCUT2D eigenvalue weighted by atomic mass is 10.1. The van der Waals surface area contributed by atoms with Crippen LogP contribution in [0.3, 0.4) is 0 Å². The van der Waals surface area contributed by atoms with Crippen LogP contribution in [0.5, 0.6) is 5.75 Å². The predicted octanol–water partition coefficient (Wildman–Crippen LogP) is 2.03. The lowest BCUT2D eigenvalue weighted by molar-refractivity contribution is 0.471. The van der Waals surface area contributed by atoms with E-state index in [1.54, 1.807) is 6.07 Å². The maximum atomic E-state index is 9.79. The van der Waals surface area contributed by atoms with Gasteiger partial charge in [0.25, 0.3) is 0 Å². The Morgan fingerprint density at radius 1 is 1.43 bits per heavy atom. The van der Waals surface area contributed by atoms with Crippen LogP contribution >= 0.6 is 0 Å². The fraction of sp³-hybridized carbons (Fsp3) is 0.455. The van der Waals surface area contributed by atoms with Crippen LogP contribution in [0.1, 0.15) is 13.8 Å². The topological polar surface area (TPSA) is 35.5 Å². The van der Waals surface area contributed by atoms with Crippen LogP contribution in [0.25, 0.3) is 0 Å². The van der Waals surface area contributed by atoms with E-state index in [0.29, 0.717) is 11.8 Å². The van der Waals surface area contributed by atoms with Crippen molar-refractivity contribution < 1.29 is 5.11 Å². The monoisotopic (exact) mass is 192 g/mol. The minimum atomic E-state index is 0.364. The summed E-state index contributed by atoms with van der Waals surface area (Å²) in [4.78, 5) is 2.22. The van der Waals surface area contributed by atoms with Gasteiger partial charge in [0.15, 0.2) is 0 Å². The van der Waals surface area contributed by atoms with Gasteiger partial charge in [-0.3, -0.25) is 0 Å². The van der Waals surface area contributed by atoms with Crippen LogP contribution in [0.15, 0.2) is 18.2 Å². The number of para-hydroxylation sites is 1. The Bertz CT molecular complexity index is 336. The Morgan fingerprint density at radius 2 is 2.21 bits per heavy atom. The Kier molecular flexibility index (Phi) is 2.23. The quantitative estimate of drug-likeness (QED) is 0.714. The summed E-state index contributed by atoms with van der Waals surface area (Å²) in [5, 5.41) is 13.1. The minimum Gasteiger partial charge on any atom is -0.506 e. The van der Waals surface area contributed by atoms with Gasteiger partial charge >= 0.3 is 0 Å². The van der Waals surface area contributed by atoms with E-state index in [-0.39, 0.29) is 0 Å². The molecule has 2 rings (SSSR count). The van der Waals surface area contributed by atoms with Crippen LogP contribution in [-0.2, 0) is 0 Å². The molecule has 1 aliphatic rings. The van der Waals surface area contributed by atoms with Crippen molar-refractivity contribution in [2.45, 2.75) is 19.9 Å². The average Bonchev–Trinajstić information content (AvgIpc) is 2.17. The Balaban J connectivity index is 2.47. The second-order valence-corrected chi connectivity index (χ2v) is 3.89. The maximum absolute atomic E-state index is 9.79. The van der Waals surface area contributed by atoms with Gasteiger partial charge in [0.05, 0.1) is 5.69 Å². The normalized spacial score (nSPS) is 15.2. The van der Waals surface area contributed by atoms with Crippen LogP contribution in [0.2, 0.25) is 0 Å². The van der Waals surface area contributed by atoms with Gasteiger partial charge in [-0.15, -0.1) is 0 Å². The van der Waals surface area contributed by atoms with Gasteiger partial charge in [-0.05, 0) is 26.0 Å². The maximum Gasteiger partial charge on any atom is 0.141 e. The van der Waals surface area contributed by atoms with Gasteiger partial charge in [0.2, 0.25) is 0 Å². The van der Waals surface area contributed by atoms with Gasteiger partial charge in [-0.25, -0.2) is 0 Å². The first kappa shape index (κ1) is 9.19. The van der Waals surface area contributed by atoms with Gasteiger partial charge in [0, 0.05) is 19.1 Å². The summed E-state index contributed by atoms with van der Waals surface area (Å²) in [6, 6.07) is 6.03. The summed E-state index contributed by atoms with van der Waals surface area (Å²) >= 11 is 0. The molecule has 1 aromatic rings. The molecular weight excluding hydrogens is 176 g/mol. The number of hydrogen-bond donors (Lipinski definition) is 2. The average molecular weight is 192 g/mol. The molecule has 0 aliphatic carbocycles. The fourth-order valence-corrected chi connectivity index (χ4v) is 1.92. The van der Waals surface area contributed by atoms with Gasteiger partial charge in [0.1, 0.15) is 11.4 Å². The molecule has 0 aromatic heterocycles. The molecule has 0 atom stereocenters.